The molecule has 1 aromatic carbocycles. The number of aromatic nitrogens is 5. The average molecular weight is 566 g/mol. The standard InChI is InChI=1S/C28H35N7O4S/c1-29-14-21(36)17-39-22-11-7-8-19(12-22)27-32-25(13-26(33-27)34(2)20-9-5-4-6-10-20)24-16-35(40(3,37)38)28-23(24)15-30-18-31-28/h7-8,11-13,15-16,18,20-21,29,36H,4-6,9-10,14,17H2,1-3H3. The van der Waals surface area contributed by atoms with Crippen molar-refractivity contribution >= 4 is 26.9 Å². The molecule has 0 aliphatic heterocycles. The second-order valence-corrected chi connectivity index (χ2v) is 12.1. The number of aliphatic hydroxyl groups is 1. The number of aliphatic hydroxyl groups excluding tert-OH is 1. The van der Waals surface area contributed by atoms with Crippen molar-refractivity contribution in [2.24, 2.45) is 0 Å². The SMILES string of the molecule is CNCC(O)COc1cccc(-c2nc(-c3cn(S(C)(=O)=O)c4ncncc34)cc(N(C)C3CCCCC3)n2)c1. The first kappa shape index (κ1) is 27.9. The first-order valence-corrected chi connectivity index (χ1v) is 15.3. The van der Waals surface area contributed by atoms with Crippen molar-refractivity contribution in [3.63, 3.8) is 0 Å². The number of benzene rings is 1. The lowest BCUT2D eigenvalue weighted by molar-refractivity contribution is 0.108. The highest BCUT2D eigenvalue weighted by atomic mass is 32.2. The van der Waals surface area contributed by atoms with Crippen LogP contribution in [-0.4, -0.2) is 83.1 Å². The third-order valence-electron chi connectivity index (χ3n) is 7.24. The number of hydrogen-bond donors (Lipinski definition) is 2. The maximum absolute atomic E-state index is 12.6. The van der Waals surface area contributed by atoms with Gasteiger partial charge in [0, 0.05) is 54.6 Å². The van der Waals surface area contributed by atoms with E-state index in [1.54, 1.807) is 19.4 Å². The summed E-state index contributed by atoms with van der Waals surface area (Å²) in [5, 5.41) is 13.6. The summed E-state index contributed by atoms with van der Waals surface area (Å²) >= 11 is 0. The number of ether oxygens (including phenoxy) is 1. The van der Waals surface area contributed by atoms with Crippen molar-refractivity contribution in [3.8, 4) is 28.4 Å². The van der Waals surface area contributed by atoms with Gasteiger partial charge in [0.2, 0.25) is 10.0 Å². The van der Waals surface area contributed by atoms with Crippen molar-refractivity contribution in [1.29, 1.82) is 0 Å². The molecule has 2 N–H and O–H groups in total. The highest BCUT2D eigenvalue weighted by Gasteiger charge is 2.23. The van der Waals surface area contributed by atoms with E-state index in [-0.39, 0.29) is 6.61 Å². The van der Waals surface area contributed by atoms with Crippen molar-refractivity contribution in [1.82, 2.24) is 29.2 Å². The van der Waals surface area contributed by atoms with E-state index in [2.05, 4.69) is 27.2 Å². The molecule has 0 radical (unpaired) electrons. The molecule has 0 bridgehead atoms. The zero-order valence-electron chi connectivity index (χ0n) is 23.0. The van der Waals surface area contributed by atoms with Gasteiger partial charge < -0.3 is 20.1 Å². The first-order chi connectivity index (χ1) is 19.2. The van der Waals surface area contributed by atoms with Gasteiger partial charge in [0.25, 0.3) is 0 Å². The minimum atomic E-state index is -3.61. The number of likely N-dealkylation sites (N-methyl/N-ethyl adjacent to an activating group) is 1. The molecule has 3 aromatic heterocycles. The van der Waals surface area contributed by atoms with Gasteiger partial charge in [0.1, 0.15) is 30.6 Å². The fraction of sp³-hybridized carbons (Fsp3) is 0.429. The van der Waals surface area contributed by atoms with Gasteiger partial charge in [-0.2, -0.15) is 0 Å². The van der Waals surface area contributed by atoms with Gasteiger partial charge in [-0.1, -0.05) is 31.4 Å². The Bertz CT molecular complexity index is 1580. The number of rotatable bonds is 10. The normalized spacial score (nSPS) is 15.3. The lowest BCUT2D eigenvalue weighted by Crippen LogP contribution is -2.34. The molecule has 1 aliphatic carbocycles. The fourth-order valence-electron chi connectivity index (χ4n) is 5.14. The largest absolute Gasteiger partial charge is 0.491 e. The summed E-state index contributed by atoms with van der Waals surface area (Å²) < 4.78 is 32.1. The molecule has 0 amide bonds. The van der Waals surface area contributed by atoms with Crippen LogP contribution in [0, 0.1) is 0 Å². The summed E-state index contributed by atoms with van der Waals surface area (Å²) in [5.74, 6) is 1.82. The highest BCUT2D eigenvalue weighted by molar-refractivity contribution is 7.89. The number of fused-ring (bicyclic) bond motifs is 1. The van der Waals surface area contributed by atoms with Crippen LogP contribution in [-0.2, 0) is 10.0 Å². The van der Waals surface area contributed by atoms with Gasteiger partial charge in [-0.15, -0.1) is 0 Å². The fourth-order valence-corrected chi connectivity index (χ4v) is 5.90. The van der Waals surface area contributed by atoms with Gasteiger partial charge in [0.05, 0.1) is 11.9 Å². The minimum Gasteiger partial charge on any atom is -0.491 e. The van der Waals surface area contributed by atoms with E-state index in [1.165, 1.54) is 25.6 Å². The third-order valence-corrected chi connectivity index (χ3v) is 8.23. The Morgan fingerprint density at radius 2 is 2.00 bits per heavy atom. The molecule has 5 rings (SSSR count). The molecule has 1 fully saturated rings. The maximum Gasteiger partial charge on any atom is 0.237 e. The predicted molar refractivity (Wildman–Crippen MR) is 155 cm³/mol. The molecule has 212 valence electrons. The van der Waals surface area contributed by atoms with Gasteiger partial charge in [0.15, 0.2) is 11.5 Å². The van der Waals surface area contributed by atoms with Crippen molar-refractivity contribution in [3.05, 3.63) is 49.1 Å². The molecular formula is C28H35N7O4S. The molecule has 12 heteroatoms. The van der Waals surface area contributed by atoms with Crippen LogP contribution in [0.3, 0.4) is 0 Å². The third kappa shape index (κ3) is 6.08. The molecule has 11 nitrogen and oxygen atoms in total. The van der Waals surface area contributed by atoms with E-state index in [0.717, 1.165) is 34.5 Å². The molecule has 4 aromatic rings. The van der Waals surface area contributed by atoms with Crippen LogP contribution in [0.2, 0.25) is 0 Å². The quantitative estimate of drug-likeness (QED) is 0.295. The first-order valence-electron chi connectivity index (χ1n) is 13.4. The van der Waals surface area contributed by atoms with Crippen LogP contribution < -0.4 is 15.0 Å². The van der Waals surface area contributed by atoms with E-state index < -0.39 is 16.1 Å². The summed E-state index contributed by atoms with van der Waals surface area (Å²) in [6.45, 7) is 0.568. The van der Waals surface area contributed by atoms with E-state index in [4.69, 9.17) is 14.7 Å². The van der Waals surface area contributed by atoms with Crippen molar-refractivity contribution in [2.75, 3.05) is 38.4 Å². The molecule has 0 saturated heterocycles. The summed E-state index contributed by atoms with van der Waals surface area (Å²) in [6.07, 6.45) is 10.8. The number of nitrogens with zero attached hydrogens (tertiary/aromatic N) is 6. The smallest absolute Gasteiger partial charge is 0.237 e. The summed E-state index contributed by atoms with van der Waals surface area (Å²) in [5.41, 5.74) is 2.21. The van der Waals surface area contributed by atoms with E-state index in [1.807, 2.05) is 30.3 Å². The van der Waals surface area contributed by atoms with Crippen LogP contribution in [0.15, 0.2) is 49.1 Å². The molecule has 1 saturated carbocycles. The van der Waals surface area contributed by atoms with Gasteiger partial charge in [-0.25, -0.2) is 32.3 Å². The van der Waals surface area contributed by atoms with Crippen LogP contribution >= 0.6 is 0 Å². The molecule has 0 spiro atoms. The lowest BCUT2D eigenvalue weighted by atomic mass is 9.94. The van der Waals surface area contributed by atoms with Gasteiger partial charge in [-0.3, -0.25) is 0 Å². The molecule has 3 heterocycles. The zero-order valence-corrected chi connectivity index (χ0v) is 23.8. The Kier molecular flexibility index (Phi) is 8.29. The molecule has 1 aliphatic rings. The van der Waals surface area contributed by atoms with Crippen LogP contribution in [0.1, 0.15) is 32.1 Å². The molecule has 1 unspecified atom stereocenters. The van der Waals surface area contributed by atoms with Crippen LogP contribution in [0.5, 0.6) is 5.75 Å². The number of anilines is 1. The van der Waals surface area contributed by atoms with Crippen LogP contribution in [0.25, 0.3) is 33.7 Å². The van der Waals surface area contributed by atoms with Gasteiger partial charge >= 0.3 is 0 Å². The Labute approximate surface area is 234 Å². The summed E-state index contributed by atoms with van der Waals surface area (Å²) in [4.78, 5) is 20.4. The Morgan fingerprint density at radius 1 is 1.20 bits per heavy atom. The van der Waals surface area contributed by atoms with E-state index in [0.29, 0.717) is 46.5 Å². The number of nitrogens with one attached hydrogen (secondary N) is 1. The average Bonchev–Trinajstić information content (AvgIpc) is 3.37. The monoisotopic (exact) mass is 565 g/mol. The molecular weight excluding hydrogens is 530 g/mol. The Hall–Kier alpha value is -3.61. The summed E-state index contributed by atoms with van der Waals surface area (Å²) in [6, 6.07) is 9.70. The zero-order chi connectivity index (χ0) is 28.3. The van der Waals surface area contributed by atoms with Crippen LogP contribution in [0.4, 0.5) is 5.82 Å². The predicted octanol–water partition coefficient (Wildman–Crippen LogP) is 3.09. The van der Waals surface area contributed by atoms with Crippen molar-refractivity contribution < 1.29 is 18.3 Å². The van der Waals surface area contributed by atoms with E-state index >= 15 is 0 Å². The number of hydrogen-bond acceptors (Lipinski definition) is 10. The lowest BCUT2D eigenvalue weighted by Gasteiger charge is -2.32. The second kappa shape index (κ2) is 11.9. The molecule has 1 atom stereocenters. The second-order valence-electron chi connectivity index (χ2n) is 10.2. The maximum atomic E-state index is 12.6. The molecule has 40 heavy (non-hydrogen) atoms. The highest BCUT2D eigenvalue weighted by Crippen LogP contribution is 2.34. The minimum absolute atomic E-state index is 0.145. The van der Waals surface area contributed by atoms with Crippen molar-refractivity contribution in [2.45, 2.75) is 44.2 Å². The topological polar surface area (TPSA) is 135 Å². The Morgan fingerprint density at radius 3 is 2.75 bits per heavy atom. The summed E-state index contributed by atoms with van der Waals surface area (Å²) in [7, 11) is 0.212. The van der Waals surface area contributed by atoms with E-state index in [9.17, 15) is 13.5 Å². The Balaban J connectivity index is 1.61. The van der Waals surface area contributed by atoms with Gasteiger partial charge in [-0.05, 0) is 32.0 Å².